The SMILES string of the molecule is C[Si](C)(C)C(c1cc(C([Si](C)(C)C)[Si](C)(C)C)[c]([Ge]2([CH]([Si](C)(C)C)[Si](C)(C)C)[C](c3ccccc3)=[C]2c2ccccc2)c(C([Si](C)(C)C)[Si](C)(C)C)c1)[Si](C)(C)C. The zero-order chi connectivity index (χ0) is 43.9. The van der Waals surface area contributed by atoms with Crippen LogP contribution in [0.2, 0.25) is 161 Å². The second-order valence-electron chi connectivity index (χ2n) is 27.0. The molecule has 1 heterocycles. The van der Waals surface area contributed by atoms with E-state index in [1.54, 1.807) is 16.7 Å². The molecule has 3 aromatic rings. The zero-order valence-electron chi connectivity index (χ0n) is 41.7. The third kappa shape index (κ3) is 10.2. The van der Waals surface area contributed by atoms with Crippen molar-refractivity contribution in [3.63, 3.8) is 0 Å². The molecule has 0 amide bonds. The molecule has 1 aliphatic rings. The van der Waals surface area contributed by atoms with Crippen LogP contribution in [0.1, 0.15) is 43.3 Å². The van der Waals surface area contributed by atoms with E-state index >= 15 is 0 Å². The van der Waals surface area contributed by atoms with Gasteiger partial charge in [-0.25, -0.2) is 0 Å². The maximum atomic E-state index is 3.04. The van der Waals surface area contributed by atoms with Gasteiger partial charge in [0.25, 0.3) is 0 Å². The molecule has 0 N–H and O–H groups in total. The van der Waals surface area contributed by atoms with Gasteiger partial charge in [-0.1, -0.05) is 0 Å². The van der Waals surface area contributed by atoms with Crippen LogP contribution in [0.15, 0.2) is 72.8 Å². The van der Waals surface area contributed by atoms with E-state index in [1.165, 1.54) is 0 Å². The molecule has 57 heavy (non-hydrogen) atoms. The molecule has 0 saturated carbocycles. The van der Waals surface area contributed by atoms with Gasteiger partial charge in [-0.05, 0) is 0 Å². The van der Waals surface area contributed by atoms with Gasteiger partial charge >= 0.3 is 368 Å². The Morgan fingerprint density at radius 2 is 0.596 bits per heavy atom. The van der Waals surface area contributed by atoms with Gasteiger partial charge in [-0.15, -0.1) is 0 Å². The summed E-state index contributed by atoms with van der Waals surface area (Å²) >= 11 is -3.45. The summed E-state index contributed by atoms with van der Waals surface area (Å²) in [5, 5.41) is 2.13. The van der Waals surface area contributed by atoms with E-state index < -0.39 is 77.9 Å². The minimum atomic E-state index is -3.45. The Labute approximate surface area is 365 Å². The van der Waals surface area contributed by atoms with E-state index in [-0.39, 0.29) is 0 Å². The van der Waals surface area contributed by atoms with Crippen molar-refractivity contribution in [3.05, 3.63) is 101 Å². The Hall–Kier alpha value is -0.322. The van der Waals surface area contributed by atoms with Crippen LogP contribution in [0, 0.1) is 0 Å². The van der Waals surface area contributed by atoms with Crippen LogP contribution >= 0.6 is 0 Å². The van der Waals surface area contributed by atoms with Crippen LogP contribution in [0.3, 0.4) is 0 Å². The van der Waals surface area contributed by atoms with Crippen LogP contribution in [-0.2, 0) is 0 Å². The molecule has 0 aromatic heterocycles. The Morgan fingerprint density at radius 3 is 0.825 bits per heavy atom. The summed E-state index contributed by atoms with van der Waals surface area (Å²) in [5.41, 5.74) is 8.73. The second kappa shape index (κ2) is 16.1. The predicted octanol–water partition coefficient (Wildman–Crippen LogP) is 15.7. The first kappa shape index (κ1) is 49.3. The van der Waals surface area contributed by atoms with Crippen molar-refractivity contribution >= 4 is 91.1 Å². The fourth-order valence-electron chi connectivity index (χ4n) is 14.1. The molecule has 0 radical (unpaired) electrons. The van der Waals surface area contributed by atoms with Gasteiger partial charge < -0.3 is 0 Å². The van der Waals surface area contributed by atoms with Crippen molar-refractivity contribution in [2.24, 2.45) is 0 Å². The summed E-state index contributed by atoms with van der Waals surface area (Å²) in [6.45, 7) is 66.2. The Morgan fingerprint density at radius 1 is 0.333 bits per heavy atom. The fraction of sp³-hybridized carbons (Fsp3) is 0.583. The molecule has 1 aliphatic heterocycles. The van der Waals surface area contributed by atoms with Gasteiger partial charge in [0.05, 0.1) is 0 Å². The van der Waals surface area contributed by atoms with Crippen molar-refractivity contribution < 1.29 is 0 Å². The summed E-state index contributed by atoms with van der Waals surface area (Å²) in [6.07, 6.45) is 0. The van der Waals surface area contributed by atoms with Gasteiger partial charge in [0.2, 0.25) is 0 Å². The van der Waals surface area contributed by atoms with E-state index in [0.717, 1.165) is 9.16 Å². The molecule has 0 nitrogen and oxygen atoms in total. The van der Waals surface area contributed by atoms with Crippen LogP contribution < -0.4 is 4.40 Å². The van der Waals surface area contributed by atoms with Crippen LogP contribution in [0.4, 0.5) is 0 Å². The van der Waals surface area contributed by atoms with E-state index in [2.05, 4.69) is 230 Å². The first-order valence-electron chi connectivity index (χ1n) is 22.4. The monoisotopic (exact) mass is 962 g/mol. The quantitative estimate of drug-likeness (QED) is 0.133. The summed E-state index contributed by atoms with van der Waals surface area (Å²) in [7, 11) is -13.6. The van der Waals surface area contributed by atoms with Crippen molar-refractivity contribution in [2.75, 3.05) is 0 Å². The third-order valence-corrected chi connectivity index (χ3v) is 74.7. The number of hydrogen-bond donors (Lipinski definition) is 0. The molecule has 0 aliphatic carbocycles. The molecule has 3 aromatic carbocycles. The Balaban J connectivity index is 2.57. The Kier molecular flexibility index (Phi) is 13.9. The molecule has 0 bridgehead atoms. The van der Waals surface area contributed by atoms with Gasteiger partial charge in [-0.3, -0.25) is 0 Å². The zero-order valence-corrected chi connectivity index (χ0v) is 51.8. The molecule has 0 fully saturated rings. The van der Waals surface area contributed by atoms with E-state index in [9.17, 15) is 0 Å². The van der Waals surface area contributed by atoms with Crippen LogP contribution in [0.25, 0.3) is 8.81 Å². The van der Waals surface area contributed by atoms with Crippen molar-refractivity contribution in [1.82, 2.24) is 0 Å². The summed E-state index contributed by atoms with van der Waals surface area (Å²) in [6, 6.07) is 30.1. The van der Waals surface area contributed by atoms with Gasteiger partial charge in [0, 0.05) is 0 Å². The van der Waals surface area contributed by atoms with Crippen molar-refractivity contribution in [2.45, 2.75) is 177 Å². The van der Waals surface area contributed by atoms with Crippen LogP contribution in [0.5, 0.6) is 0 Å². The number of hydrogen-bond acceptors (Lipinski definition) is 0. The van der Waals surface area contributed by atoms with E-state index in [1.807, 2.05) is 24.3 Å². The maximum absolute atomic E-state index is 3.45. The first-order chi connectivity index (χ1) is 25.4. The molecular weight excluding hydrogens is 874 g/mol. The molecule has 0 spiro atoms. The summed E-state index contributed by atoms with van der Waals surface area (Å²) in [5.74, 6) is 0. The van der Waals surface area contributed by atoms with Crippen LogP contribution in [-0.4, -0.2) is 77.9 Å². The van der Waals surface area contributed by atoms with Crippen molar-refractivity contribution in [3.8, 4) is 0 Å². The normalized spacial score (nSPS) is 16.4. The molecule has 4 rings (SSSR count). The number of benzene rings is 3. The predicted molar refractivity (Wildman–Crippen MR) is 290 cm³/mol. The van der Waals surface area contributed by atoms with Gasteiger partial charge in [0.15, 0.2) is 0 Å². The molecule has 0 saturated heterocycles. The summed E-state index contributed by atoms with van der Waals surface area (Å²) in [4.78, 5) is 0. The van der Waals surface area contributed by atoms with Gasteiger partial charge in [0.1, 0.15) is 0 Å². The standard InChI is InChI=1S/C48H88GeSi8/c1-50(2,3)45(51(4,5)6)39-35-40(46(52(7,8)9)53(10,11)12)44(41(36-39)47(54(13,14)15)55(16,17)18)49(48(56(19,20)21)57(22,23)24)42(37-31-27-25-28-32-37)43(49)38-33-29-26-30-34-38/h25-36,45-48H,1-24H3. The van der Waals surface area contributed by atoms with Crippen molar-refractivity contribution in [1.29, 1.82) is 0 Å². The van der Waals surface area contributed by atoms with E-state index in [4.69, 9.17) is 0 Å². The molecule has 0 atom stereocenters. The Bertz CT molecular complexity index is 1750. The molecule has 0 unspecified atom stereocenters. The average molecular weight is 963 g/mol. The molecule has 9 heteroatoms. The fourth-order valence-corrected chi connectivity index (χ4v) is 98.9. The van der Waals surface area contributed by atoms with E-state index in [0.29, 0.717) is 10.3 Å². The summed E-state index contributed by atoms with van der Waals surface area (Å²) < 4.78 is 6.61. The molecular formula is C48H88GeSi8. The third-order valence-electron chi connectivity index (χ3n) is 13.0. The number of rotatable bonds is 15. The average Bonchev–Trinajstić information content (AvgIpc) is 3.60. The van der Waals surface area contributed by atoms with Gasteiger partial charge in [-0.2, -0.15) is 0 Å². The molecule has 316 valence electrons. The topological polar surface area (TPSA) is 0 Å². The minimum absolute atomic E-state index is 0.701. The second-order valence-corrected chi connectivity index (χ2v) is 82.0. The first-order valence-corrected chi connectivity index (χ1v) is 55.4.